The van der Waals surface area contributed by atoms with Gasteiger partial charge in [0.2, 0.25) is 11.9 Å². The van der Waals surface area contributed by atoms with Gasteiger partial charge in [0, 0.05) is 23.2 Å². The predicted molar refractivity (Wildman–Crippen MR) is 117 cm³/mol. The second kappa shape index (κ2) is 8.86. The minimum atomic E-state index is -0.0153. The standard InChI is InChI=1S/C21H23BrN6O/c1-14(28-11-12-29-18(13-28)15-7-9-16(22)10-8-15)19-25-20(23)27-21(26-19)24-17-5-3-2-4-6-17/h2-10,14,18H,11-13H2,1H3,(H3,23,24,25,26,27). The fourth-order valence-corrected chi connectivity index (χ4v) is 3.63. The number of nitrogens with one attached hydrogen (secondary N) is 1. The number of morpholine rings is 1. The molecule has 1 saturated heterocycles. The van der Waals surface area contributed by atoms with Crippen LogP contribution in [0.25, 0.3) is 0 Å². The lowest BCUT2D eigenvalue weighted by molar-refractivity contribution is -0.0442. The predicted octanol–water partition coefficient (Wildman–Crippen LogP) is 4.09. The summed E-state index contributed by atoms with van der Waals surface area (Å²) < 4.78 is 7.06. The molecule has 0 aliphatic carbocycles. The van der Waals surface area contributed by atoms with Gasteiger partial charge in [-0.3, -0.25) is 4.90 Å². The van der Waals surface area contributed by atoms with Crippen molar-refractivity contribution in [3.05, 3.63) is 70.5 Å². The molecule has 1 aromatic heterocycles. The Labute approximate surface area is 178 Å². The molecular formula is C21H23BrN6O. The zero-order valence-corrected chi connectivity index (χ0v) is 17.7. The van der Waals surface area contributed by atoms with Crippen LogP contribution in [-0.2, 0) is 4.74 Å². The van der Waals surface area contributed by atoms with Crippen LogP contribution in [0.3, 0.4) is 0 Å². The van der Waals surface area contributed by atoms with Gasteiger partial charge in [0.05, 0.1) is 18.8 Å². The van der Waals surface area contributed by atoms with Gasteiger partial charge in [-0.1, -0.05) is 46.3 Å². The van der Waals surface area contributed by atoms with E-state index < -0.39 is 0 Å². The molecule has 1 aliphatic rings. The molecule has 2 atom stereocenters. The first-order valence-corrected chi connectivity index (χ1v) is 10.3. The molecule has 1 aliphatic heterocycles. The lowest BCUT2D eigenvalue weighted by Gasteiger charge is -2.36. The molecule has 2 aromatic carbocycles. The third kappa shape index (κ3) is 4.90. The van der Waals surface area contributed by atoms with E-state index in [2.05, 4.69) is 60.2 Å². The lowest BCUT2D eigenvalue weighted by Crippen LogP contribution is -2.40. The van der Waals surface area contributed by atoms with E-state index in [0.29, 0.717) is 18.4 Å². The highest BCUT2D eigenvalue weighted by atomic mass is 79.9. The van der Waals surface area contributed by atoms with Crippen molar-refractivity contribution in [2.24, 2.45) is 0 Å². The van der Waals surface area contributed by atoms with Crippen LogP contribution in [0.4, 0.5) is 17.6 Å². The largest absolute Gasteiger partial charge is 0.371 e. The molecule has 3 N–H and O–H groups in total. The Morgan fingerprint density at radius 1 is 1.10 bits per heavy atom. The van der Waals surface area contributed by atoms with E-state index in [0.717, 1.165) is 28.8 Å². The Morgan fingerprint density at radius 2 is 1.86 bits per heavy atom. The van der Waals surface area contributed by atoms with Gasteiger partial charge in [-0.15, -0.1) is 0 Å². The van der Waals surface area contributed by atoms with Gasteiger partial charge in [-0.2, -0.15) is 15.0 Å². The quantitative estimate of drug-likeness (QED) is 0.599. The SMILES string of the molecule is CC(c1nc(N)nc(Nc2ccccc2)n1)N1CCOC(c2ccc(Br)cc2)C1. The van der Waals surface area contributed by atoms with Crippen LogP contribution in [0, 0.1) is 0 Å². The first-order chi connectivity index (χ1) is 14.1. The molecule has 150 valence electrons. The Hall–Kier alpha value is -2.55. The second-order valence-corrected chi connectivity index (χ2v) is 7.86. The van der Waals surface area contributed by atoms with Crippen molar-refractivity contribution in [3.8, 4) is 0 Å². The van der Waals surface area contributed by atoms with Crippen molar-refractivity contribution >= 4 is 33.5 Å². The van der Waals surface area contributed by atoms with Crippen molar-refractivity contribution in [2.75, 3.05) is 30.7 Å². The van der Waals surface area contributed by atoms with Crippen molar-refractivity contribution < 1.29 is 4.74 Å². The zero-order chi connectivity index (χ0) is 20.2. The smallest absolute Gasteiger partial charge is 0.232 e. The monoisotopic (exact) mass is 454 g/mol. The molecule has 1 fully saturated rings. The van der Waals surface area contributed by atoms with Gasteiger partial charge in [-0.05, 0) is 36.8 Å². The van der Waals surface area contributed by atoms with Gasteiger partial charge in [0.15, 0.2) is 5.82 Å². The highest BCUT2D eigenvalue weighted by molar-refractivity contribution is 9.10. The molecule has 0 saturated carbocycles. The summed E-state index contributed by atoms with van der Waals surface area (Å²) >= 11 is 3.48. The summed E-state index contributed by atoms with van der Waals surface area (Å²) in [5.74, 6) is 1.30. The topological polar surface area (TPSA) is 89.2 Å². The van der Waals surface area contributed by atoms with Gasteiger partial charge < -0.3 is 15.8 Å². The van der Waals surface area contributed by atoms with E-state index in [1.807, 2.05) is 42.5 Å². The van der Waals surface area contributed by atoms with Crippen molar-refractivity contribution in [2.45, 2.75) is 19.1 Å². The number of benzene rings is 2. The molecule has 0 amide bonds. The molecule has 3 aromatic rings. The number of aromatic nitrogens is 3. The molecule has 8 heteroatoms. The van der Waals surface area contributed by atoms with E-state index in [4.69, 9.17) is 10.5 Å². The number of ether oxygens (including phenoxy) is 1. The maximum Gasteiger partial charge on any atom is 0.232 e. The molecule has 2 heterocycles. The number of hydrogen-bond acceptors (Lipinski definition) is 7. The Bertz CT molecular complexity index is 953. The number of rotatable bonds is 5. The Kier molecular flexibility index (Phi) is 6.03. The van der Waals surface area contributed by atoms with E-state index >= 15 is 0 Å². The number of nitrogens with two attached hydrogens (primary N) is 1. The molecule has 0 bridgehead atoms. The van der Waals surface area contributed by atoms with Crippen LogP contribution >= 0.6 is 15.9 Å². The van der Waals surface area contributed by atoms with Crippen molar-refractivity contribution in [1.29, 1.82) is 0 Å². The molecular weight excluding hydrogens is 432 g/mol. The molecule has 2 unspecified atom stereocenters. The average molecular weight is 455 g/mol. The molecule has 7 nitrogen and oxygen atoms in total. The average Bonchev–Trinajstić information content (AvgIpc) is 2.74. The number of nitrogens with zero attached hydrogens (tertiary/aromatic N) is 4. The Morgan fingerprint density at radius 3 is 2.62 bits per heavy atom. The summed E-state index contributed by atoms with van der Waals surface area (Å²) in [5.41, 5.74) is 8.02. The van der Waals surface area contributed by atoms with Gasteiger partial charge in [0.25, 0.3) is 0 Å². The summed E-state index contributed by atoms with van der Waals surface area (Å²) in [7, 11) is 0. The molecule has 4 rings (SSSR count). The number of hydrogen-bond donors (Lipinski definition) is 2. The number of para-hydroxylation sites is 1. The second-order valence-electron chi connectivity index (χ2n) is 6.95. The van der Waals surface area contributed by atoms with Gasteiger partial charge in [-0.25, -0.2) is 0 Å². The van der Waals surface area contributed by atoms with Gasteiger partial charge >= 0.3 is 0 Å². The van der Waals surface area contributed by atoms with E-state index in [1.54, 1.807) is 0 Å². The lowest BCUT2D eigenvalue weighted by atomic mass is 10.1. The van der Waals surface area contributed by atoms with Crippen molar-refractivity contribution in [3.63, 3.8) is 0 Å². The number of halogens is 1. The first kappa shape index (κ1) is 19.8. The number of nitrogen functional groups attached to an aromatic ring is 1. The minimum absolute atomic E-state index is 0.0143. The van der Waals surface area contributed by atoms with Crippen molar-refractivity contribution in [1.82, 2.24) is 19.9 Å². The van der Waals surface area contributed by atoms with E-state index in [-0.39, 0.29) is 18.1 Å². The highest BCUT2D eigenvalue weighted by Gasteiger charge is 2.28. The maximum atomic E-state index is 6.00. The fraction of sp³-hybridized carbons (Fsp3) is 0.286. The molecule has 0 radical (unpaired) electrons. The summed E-state index contributed by atoms with van der Waals surface area (Å²) in [6.07, 6.45) is 0.0143. The highest BCUT2D eigenvalue weighted by Crippen LogP contribution is 2.28. The van der Waals surface area contributed by atoms with Crippen LogP contribution in [0.15, 0.2) is 59.1 Å². The van der Waals surface area contributed by atoms with Crippen LogP contribution in [-0.4, -0.2) is 39.5 Å². The first-order valence-electron chi connectivity index (χ1n) is 9.53. The normalized spacial score (nSPS) is 18.3. The number of anilines is 3. The third-order valence-corrected chi connectivity index (χ3v) is 5.49. The van der Waals surface area contributed by atoms with Crippen LogP contribution in [0.5, 0.6) is 0 Å². The fourth-order valence-electron chi connectivity index (χ4n) is 3.37. The summed E-state index contributed by atoms with van der Waals surface area (Å²) in [6, 6.07) is 18.0. The van der Waals surface area contributed by atoms with Gasteiger partial charge in [0.1, 0.15) is 0 Å². The maximum absolute atomic E-state index is 6.00. The molecule has 29 heavy (non-hydrogen) atoms. The van der Waals surface area contributed by atoms with Crippen LogP contribution < -0.4 is 11.1 Å². The summed E-state index contributed by atoms with van der Waals surface area (Å²) in [4.78, 5) is 15.5. The Balaban J connectivity index is 1.51. The third-order valence-electron chi connectivity index (χ3n) is 4.96. The molecule has 0 spiro atoms. The summed E-state index contributed by atoms with van der Waals surface area (Å²) in [5, 5.41) is 3.19. The van der Waals surface area contributed by atoms with E-state index in [9.17, 15) is 0 Å². The van der Waals surface area contributed by atoms with Crippen LogP contribution in [0.2, 0.25) is 0 Å². The summed E-state index contributed by atoms with van der Waals surface area (Å²) in [6.45, 7) is 4.31. The van der Waals surface area contributed by atoms with E-state index in [1.165, 1.54) is 0 Å². The van der Waals surface area contributed by atoms with Crippen LogP contribution in [0.1, 0.15) is 30.5 Å². The minimum Gasteiger partial charge on any atom is -0.371 e. The zero-order valence-electron chi connectivity index (χ0n) is 16.1.